The summed E-state index contributed by atoms with van der Waals surface area (Å²) in [5.41, 5.74) is 2.67. The number of methoxy groups -OCH3 is 1. The zero-order chi connectivity index (χ0) is 25.5. The number of hydrogen-bond acceptors (Lipinski definition) is 6. The molecule has 7 heteroatoms. The molecular weight excluding hydrogens is 454 g/mol. The minimum absolute atomic E-state index is 0.321. The second-order valence-electron chi connectivity index (χ2n) is 9.91. The molecule has 1 saturated heterocycles. The summed E-state index contributed by atoms with van der Waals surface area (Å²) < 4.78 is 19.7. The standard InChI is InChI=1S/C29H39N3O4/c1-22-6-8-26(23(2)18-22)36-21-29(33)10-5-13-31(14-11-29)20-25-7-9-27(34-4)28(19-25)35-17-16-32-15-12-30-24(32)3/h6-9,12,15,18-19,33H,5,10-11,13-14,16-17,20-21H2,1-4H3/t29-/m1/s1. The van der Waals surface area contributed by atoms with Gasteiger partial charge < -0.3 is 23.9 Å². The average Bonchev–Trinajstić information content (AvgIpc) is 3.17. The fourth-order valence-electron chi connectivity index (χ4n) is 4.80. The first kappa shape index (κ1) is 26.0. The fourth-order valence-corrected chi connectivity index (χ4v) is 4.80. The van der Waals surface area contributed by atoms with Crippen LogP contribution in [0, 0.1) is 20.8 Å². The van der Waals surface area contributed by atoms with Crippen molar-refractivity contribution in [1.82, 2.24) is 14.5 Å². The van der Waals surface area contributed by atoms with Gasteiger partial charge in [0.15, 0.2) is 11.5 Å². The molecule has 4 rings (SSSR count). The normalized spacial score (nSPS) is 18.6. The zero-order valence-electron chi connectivity index (χ0n) is 22.0. The van der Waals surface area contributed by atoms with Gasteiger partial charge in [-0.2, -0.15) is 0 Å². The molecule has 0 unspecified atom stereocenters. The number of aryl methyl sites for hydroxylation is 3. The number of nitrogens with zero attached hydrogens (tertiary/aromatic N) is 3. The molecule has 1 aromatic heterocycles. The van der Waals surface area contributed by atoms with Crippen molar-refractivity contribution in [2.24, 2.45) is 0 Å². The summed E-state index contributed by atoms with van der Waals surface area (Å²) >= 11 is 0. The number of ether oxygens (including phenoxy) is 3. The fraction of sp³-hybridized carbons (Fsp3) is 0.483. The Morgan fingerprint density at radius 3 is 2.56 bits per heavy atom. The maximum atomic E-state index is 11.3. The largest absolute Gasteiger partial charge is 0.493 e. The molecule has 1 aliphatic rings. The SMILES string of the molecule is COc1ccc(CN2CCC[C@](O)(COc3ccc(C)cc3C)CC2)cc1OCCn1ccnc1C. The number of hydrogen-bond donors (Lipinski definition) is 1. The second-order valence-corrected chi connectivity index (χ2v) is 9.91. The first-order valence-electron chi connectivity index (χ1n) is 12.8. The van der Waals surface area contributed by atoms with E-state index < -0.39 is 5.60 Å². The monoisotopic (exact) mass is 493 g/mol. The molecule has 0 aliphatic carbocycles. The van der Waals surface area contributed by atoms with Gasteiger partial charge in [0.25, 0.3) is 0 Å². The third-order valence-electron chi connectivity index (χ3n) is 6.98. The van der Waals surface area contributed by atoms with Crippen LogP contribution in [0.5, 0.6) is 17.2 Å². The molecule has 2 aromatic carbocycles. The van der Waals surface area contributed by atoms with Crippen molar-refractivity contribution in [3.05, 3.63) is 71.3 Å². The predicted molar refractivity (Wildman–Crippen MR) is 141 cm³/mol. The van der Waals surface area contributed by atoms with E-state index in [9.17, 15) is 5.11 Å². The highest BCUT2D eigenvalue weighted by molar-refractivity contribution is 5.43. The predicted octanol–water partition coefficient (Wildman–Crippen LogP) is 4.69. The number of aliphatic hydroxyl groups is 1. The minimum atomic E-state index is -0.814. The number of likely N-dealkylation sites (tertiary alicyclic amines) is 1. The van der Waals surface area contributed by atoms with E-state index in [4.69, 9.17) is 14.2 Å². The third kappa shape index (κ3) is 6.80. The van der Waals surface area contributed by atoms with Crippen molar-refractivity contribution in [1.29, 1.82) is 0 Å². The Labute approximate surface area is 214 Å². The highest BCUT2D eigenvalue weighted by Crippen LogP contribution is 2.30. The van der Waals surface area contributed by atoms with Gasteiger partial charge in [0.05, 0.1) is 19.3 Å². The van der Waals surface area contributed by atoms with Crippen LogP contribution in [0.2, 0.25) is 0 Å². The molecule has 7 nitrogen and oxygen atoms in total. The van der Waals surface area contributed by atoms with Crippen molar-refractivity contribution >= 4 is 0 Å². The van der Waals surface area contributed by atoms with Crippen LogP contribution in [0.1, 0.15) is 41.8 Å². The number of benzene rings is 2. The topological polar surface area (TPSA) is 69.0 Å². The van der Waals surface area contributed by atoms with E-state index >= 15 is 0 Å². The van der Waals surface area contributed by atoms with Crippen LogP contribution in [0.25, 0.3) is 0 Å². The Bertz CT molecular complexity index is 1150. The van der Waals surface area contributed by atoms with Gasteiger partial charge in [-0.05, 0) is 75.9 Å². The van der Waals surface area contributed by atoms with Gasteiger partial charge in [-0.15, -0.1) is 0 Å². The van der Waals surface area contributed by atoms with Crippen molar-refractivity contribution in [2.75, 3.05) is 33.4 Å². The van der Waals surface area contributed by atoms with Gasteiger partial charge in [0.1, 0.15) is 24.8 Å². The van der Waals surface area contributed by atoms with E-state index in [0.717, 1.165) is 67.7 Å². The first-order chi connectivity index (χ1) is 17.3. The molecule has 36 heavy (non-hydrogen) atoms. The molecule has 0 bridgehead atoms. The van der Waals surface area contributed by atoms with Gasteiger partial charge in [0, 0.05) is 25.5 Å². The molecule has 3 aromatic rings. The van der Waals surface area contributed by atoms with Crippen LogP contribution in [0.15, 0.2) is 48.8 Å². The first-order valence-corrected chi connectivity index (χ1v) is 12.8. The molecule has 0 amide bonds. The smallest absolute Gasteiger partial charge is 0.161 e. The summed E-state index contributed by atoms with van der Waals surface area (Å²) in [6.07, 6.45) is 6.10. The van der Waals surface area contributed by atoms with Crippen LogP contribution in [0.4, 0.5) is 0 Å². The Kier molecular flexibility index (Phi) is 8.54. The summed E-state index contributed by atoms with van der Waals surface area (Å²) in [4.78, 5) is 6.66. The number of rotatable bonds is 10. The molecular formula is C29H39N3O4. The lowest BCUT2D eigenvalue weighted by Gasteiger charge is -2.27. The Morgan fingerprint density at radius 2 is 1.81 bits per heavy atom. The molecule has 2 heterocycles. The molecule has 1 atom stereocenters. The van der Waals surface area contributed by atoms with Gasteiger partial charge in [-0.25, -0.2) is 4.98 Å². The van der Waals surface area contributed by atoms with Crippen molar-refractivity contribution in [3.63, 3.8) is 0 Å². The highest BCUT2D eigenvalue weighted by Gasteiger charge is 2.31. The molecule has 1 aliphatic heterocycles. The quantitative estimate of drug-likeness (QED) is 0.442. The van der Waals surface area contributed by atoms with Gasteiger partial charge >= 0.3 is 0 Å². The van der Waals surface area contributed by atoms with Crippen LogP contribution in [0.3, 0.4) is 0 Å². The Balaban J connectivity index is 1.32. The van der Waals surface area contributed by atoms with Crippen LogP contribution in [-0.2, 0) is 13.1 Å². The van der Waals surface area contributed by atoms with Crippen molar-refractivity contribution in [2.45, 2.75) is 58.7 Å². The molecule has 194 valence electrons. The molecule has 1 fully saturated rings. The van der Waals surface area contributed by atoms with E-state index in [0.29, 0.717) is 19.6 Å². The Hall–Kier alpha value is -3.03. The molecule has 0 spiro atoms. The van der Waals surface area contributed by atoms with Crippen molar-refractivity contribution < 1.29 is 19.3 Å². The summed E-state index contributed by atoms with van der Waals surface area (Å²) in [5.74, 6) is 3.31. The second kappa shape index (κ2) is 11.8. The van der Waals surface area contributed by atoms with Crippen molar-refractivity contribution in [3.8, 4) is 17.2 Å². The summed E-state index contributed by atoms with van der Waals surface area (Å²) in [6.45, 7) is 10.2. The van der Waals surface area contributed by atoms with E-state index in [1.165, 1.54) is 11.1 Å². The average molecular weight is 494 g/mol. The minimum Gasteiger partial charge on any atom is -0.493 e. The van der Waals surface area contributed by atoms with Crippen LogP contribution < -0.4 is 14.2 Å². The summed E-state index contributed by atoms with van der Waals surface area (Å²) in [5, 5.41) is 11.3. The lowest BCUT2D eigenvalue weighted by Crippen LogP contribution is -2.37. The highest BCUT2D eigenvalue weighted by atomic mass is 16.5. The van der Waals surface area contributed by atoms with Crippen LogP contribution >= 0.6 is 0 Å². The molecule has 1 N–H and O–H groups in total. The van der Waals surface area contributed by atoms with E-state index in [-0.39, 0.29) is 0 Å². The zero-order valence-corrected chi connectivity index (χ0v) is 22.0. The van der Waals surface area contributed by atoms with Gasteiger partial charge in [-0.1, -0.05) is 23.8 Å². The lowest BCUT2D eigenvalue weighted by molar-refractivity contribution is -0.0170. The van der Waals surface area contributed by atoms with E-state index in [1.54, 1.807) is 13.3 Å². The third-order valence-corrected chi connectivity index (χ3v) is 6.98. The van der Waals surface area contributed by atoms with E-state index in [2.05, 4.69) is 39.6 Å². The summed E-state index contributed by atoms with van der Waals surface area (Å²) in [7, 11) is 1.66. The lowest BCUT2D eigenvalue weighted by atomic mass is 9.96. The number of imidazole rings is 1. The summed E-state index contributed by atoms with van der Waals surface area (Å²) in [6, 6.07) is 12.3. The maximum absolute atomic E-state index is 11.3. The van der Waals surface area contributed by atoms with Crippen LogP contribution in [-0.4, -0.2) is 58.6 Å². The molecule has 0 saturated carbocycles. The maximum Gasteiger partial charge on any atom is 0.161 e. The Morgan fingerprint density at radius 1 is 0.972 bits per heavy atom. The van der Waals surface area contributed by atoms with Gasteiger partial charge in [0.2, 0.25) is 0 Å². The van der Waals surface area contributed by atoms with E-state index in [1.807, 2.05) is 38.2 Å². The number of aromatic nitrogens is 2. The van der Waals surface area contributed by atoms with Gasteiger partial charge in [-0.3, -0.25) is 4.90 Å². The molecule has 0 radical (unpaired) electrons.